The Balaban J connectivity index is 1.46. The van der Waals surface area contributed by atoms with Crippen LogP contribution in [-0.4, -0.2) is 22.4 Å². The fourth-order valence-electron chi connectivity index (χ4n) is 3.62. The summed E-state index contributed by atoms with van der Waals surface area (Å²) in [7, 11) is 0. The Labute approximate surface area is 177 Å². The van der Waals surface area contributed by atoms with Crippen LogP contribution in [0.25, 0.3) is 0 Å². The van der Waals surface area contributed by atoms with Crippen molar-refractivity contribution >= 4 is 5.91 Å². The average Bonchev–Trinajstić information content (AvgIpc) is 3.33. The number of carbonyl (C=O) groups excluding carboxylic acids is 1. The van der Waals surface area contributed by atoms with Gasteiger partial charge >= 0.3 is 0 Å². The zero-order valence-electron chi connectivity index (χ0n) is 16.9. The van der Waals surface area contributed by atoms with Crippen molar-refractivity contribution in [2.24, 2.45) is 5.92 Å². The number of ether oxygens (including phenoxy) is 1. The van der Waals surface area contributed by atoms with Gasteiger partial charge in [0.25, 0.3) is 5.91 Å². The van der Waals surface area contributed by atoms with Crippen LogP contribution in [0, 0.1) is 5.92 Å². The van der Waals surface area contributed by atoms with Crippen molar-refractivity contribution in [2.75, 3.05) is 6.61 Å². The maximum atomic E-state index is 13.0. The van der Waals surface area contributed by atoms with Gasteiger partial charge in [0.15, 0.2) is 5.76 Å². The zero-order chi connectivity index (χ0) is 20.6. The molecule has 0 fully saturated rings. The molecular formula is C25H26N2O3. The molecule has 1 amide bonds. The fourth-order valence-corrected chi connectivity index (χ4v) is 3.62. The minimum Gasteiger partial charge on any atom is -0.493 e. The first kappa shape index (κ1) is 20.0. The van der Waals surface area contributed by atoms with E-state index in [1.54, 1.807) is 23.2 Å². The highest BCUT2D eigenvalue weighted by Crippen LogP contribution is 2.22. The van der Waals surface area contributed by atoms with Crippen LogP contribution in [0.4, 0.5) is 0 Å². The second kappa shape index (κ2) is 9.92. The summed E-state index contributed by atoms with van der Waals surface area (Å²) in [6.07, 6.45) is 11.1. The molecule has 0 saturated heterocycles. The van der Waals surface area contributed by atoms with Gasteiger partial charge < -0.3 is 14.1 Å². The Morgan fingerprint density at radius 2 is 2.07 bits per heavy atom. The molecule has 2 heterocycles. The molecule has 4 rings (SSSR count). The molecule has 3 aromatic rings. The first-order valence-electron chi connectivity index (χ1n) is 10.4. The first-order valence-corrected chi connectivity index (χ1v) is 10.4. The monoisotopic (exact) mass is 402 g/mol. The van der Waals surface area contributed by atoms with Crippen LogP contribution in [0.1, 0.15) is 41.1 Å². The van der Waals surface area contributed by atoms with Crippen LogP contribution in [0.3, 0.4) is 0 Å². The van der Waals surface area contributed by atoms with E-state index in [9.17, 15) is 4.79 Å². The van der Waals surface area contributed by atoms with E-state index in [-0.39, 0.29) is 5.91 Å². The van der Waals surface area contributed by atoms with Gasteiger partial charge in [-0.05, 0) is 67.1 Å². The number of aromatic nitrogens is 1. The molecule has 154 valence electrons. The Kier molecular flexibility index (Phi) is 6.60. The molecule has 30 heavy (non-hydrogen) atoms. The first-order chi connectivity index (χ1) is 14.8. The average molecular weight is 402 g/mol. The standard InChI is InChI=1S/C25H26N2O3/c28-25(24-13-7-15-29-24)27(18-22-11-4-5-14-26-22)17-21-10-6-12-23(16-21)30-19-20-8-2-1-3-9-20/h1-2,4-7,10-16,20H,3,8-9,17-19H2. The van der Waals surface area contributed by atoms with Crippen molar-refractivity contribution in [3.63, 3.8) is 0 Å². The molecule has 1 aliphatic rings. The molecule has 1 unspecified atom stereocenters. The predicted octanol–water partition coefficient (Wildman–Crippen LogP) is 5.25. The van der Waals surface area contributed by atoms with Crippen molar-refractivity contribution in [1.29, 1.82) is 0 Å². The number of pyridine rings is 1. The number of amides is 1. The number of furan rings is 1. The Morgan fingerprint density at radius 3 is 2.83 bits per heavy atom. The maximum absolute atomic E-state index is 13.0. The Hall–Kier alpha value is -3.34. The van der Waals surface area contributed by atoms with E-state index in [2.05, 4.69) is 17.1 Å². The summed E-state index contributed by atoms with van der Waals surface area (Å²) < 4.78 is 11.4. The lowest BCUT2D eigenvalue weighted by molar-refractivity contribution is 0.0695. The molecule has 2 aromatic heterocycles. The van der Waals surface area contributed by atoms with Crippen LogP contribution in [-0.2, 0) is 13.1 Å². The Morgan fingerprint density at radius 1 is 1.10 bits per heavy atom. The van der Waals surface area contributed by atoms with Gasteiger partial charge in [-0.25, -0.2) is 0 Å². The van der Waals surface area contributed by atoms with E-state index >= 15 is 0 Å². The maximum Gasteiger partial charge on any atom is 0.290 e. The van der Waals surface area contributed by atoms with Crippen LogP contribution >= 0.6 is 0 Å². The van der Waals surface area contributed by atoms with Crippen LogP contribution in [0.15, 0.2) is 83.6 Å². The molecule has 0 spiro atoms. The number of nitrogens with zero attached hydrogens (tertiary/aromatic N) is 2. The molecule has 1 atom stereocenters. The molecule has 1 aliphatic carbocycles. The summed E-state index contributed by atoms with van der Waals surface area (Å²) in [5.41, 5.74) is 1.84. The zero-order valence-corrected chi connectivity index (χ0v) is 16.9. The summed E-state index contributed by atoms with van der Waals surface area (Å²) in [6.45, 7) is 1.57. The van der Waals surface area contributed by atoms with Gasteiger partial charge in [0.1, 0.15) is 5.75 Å². The van der Waals surface area contributed by atoms with Crippen molar-refractivity contribution in [1.82, 2.24) is 9.88 Å². The third-order valence-corrected chi connectivity index (χ3v) is 5.23. The molecule has 5 heteroatoms. The normalized spacial score (nSPS) is 15.7. The highest BCUT2D eigenvalue weighted by Gasteiger charge is 2.20. The molecule has 5 nitrogen and oxygen atoms in total. The molecule has 0 bridgehead atoms. The van der Waals surface area contributed by atoms with Crippen molar-refractivity contribution in [3.05, 3.63) is 96.2 Å². The summed E-state index contributed by atoms with van der Waals surface area (Å²) in [6, 6.07) is 17.1. The van der Waals surface area contributed by atoms with Crippen LogP contribution in [0.5, 0.6) is 5.75 Å². The number of hydrogen-bond acceptors (Lipinski definition) is 4. The van der Waals surface area contributed by atoms with Crippen molar-refractivity contribution in [3.8, 4) is 5.75 Å². The fraction of sp³-hybridized carbons (Fsp3) is 0.280. The molecule has 0 N–H and O–H groups in total. The molecule has 1 aromatic carbocycles. The van der Waals surface area contributed by atoms with Crippen molar-refractivity contribution in [2.45, 2.75) is 32.4 Å². The summed E-state index contributed by atoms with van der Waals surface area (Å²) >= 11 is 0. The van der Waals surface area contributed by atoms with E-state index in [4.69, 9.17) is 9.15 Å². The van der Waals surface area contributed by atoms with Gasteiger partial charge in [-0.1, -0.05) is 30.4 Å². The van der Waals surface area contributed by atoms with Crippen LogP contribution < -0.4 is 4.74 Å². The van der Waals surface area contributed by atoms with E-state index in [0.29, 0.717) is 24.8 Å². The van der Waals surface area contributed by atoms with Gasteiger partial charge in [-0.2, -0.15) is 0 Å². The minimum absolute atomic E-state index is 0.161. The number of carbonyl (C=O) groups is 1. The third-order valence-electron chi connectivity index (χ3n) is 5.23. The highest BCUT2D eigenvalue weighted by molar-refractivity contribution is 5.91. The lowest BCUT2D eigenvalue weighted by Crippen LogP contribution is -2.30. The molecule has 0 aliphatic heterocycles. The van der Waals surface area contributed by atoms with Gasteiger partial charge in [-0.3, -0.25) is 9.78 Å². The minimum atomic E-state index is -0.161. The smallest absolute Gasteiger partial charge is 0.290 e. The number of benzene rings is 1. The van der Waals surface area contributed by atoms with E-state index < -0.39 is 0 Å². The molecule has 0 radical (unpaired) electrons. The number of allylic oxidation sites excluding steroid dienone is 2. The predicted molar refractivity (Wildman–Crippen MR) is 115 cm³/mol. The second-order valence-corrected chi connectivity index (χ2v) is 7.57. The number of rotatable bonds is 8. The van der Waals surface area contributed by atoms with Gasteiger partial charge in [0.2, 0.25) is 0 Å². The third kappa shape index (κ3) is 5.38. The van der Waals surface area contributed by atoms with E-state index in [1.807, 2.05) is 42.5 Å². The topological polar surface area (TPSA) is 55.6 Å². The SMILES string of the molecule is O=C(c1ccco1)N(Cc1cccc(OCC2CC=CCC2)c1)Cc1ccccn1. The van der Waals surface area contributed by atoms with Gasteiger partial charge in [0, 0.05) is 12.7 Å². The van der Waals surface area contributed by atoms with Gasteiger partial charge in [0.05, 0.1) is 25.1 Å². The van der Waals surface area contributed by atoms with Crippen molar-refractivity contribution < 1.29 is 13.9 Å². The molecule has 0 saturated carbocycles. The summed E-state index contributed by atoms with van der Waals surface area (Å²) in [4.78, 5) is 19.1. The largest absolute Gasteiger partial charge is 0.493 e. The van der Waals surface area contributed by atoms with Crippen LogP contribution in [0.2, 0.25) is 0 Å². The van der Waals surface area contributed by atoms with Gasteiger partial charge in [-0.15, -0.1) is 0 Å². The second-order valence-electron chi connectivity index (χ2n) is 7.57. The van der Waals surface area contributed by atoms with E-state index in [0.717, 1.165) is 36.5 Å². The quantitative estimate of drug-likeness (QED) is 0.483. The Bertz CT molecular complexity index is 967. The summed E-state index contributed by atoms with van der Waals surface area (Å²) in [5.74, 6) is 1.57. The summed E-state index contributed by atoms with van der Waals surface area (Å²) in [5, 5.41) is 0. The van der Waals surface area contributed by atoms with E-state index in [1.165, 1.54) is 12.7 Å². The lowest BCUT2D eigenvalue weighted by Gasteiger charge is -2.22. The highest BCUT2D eigenvalue weighted by atomic mass is 16.5. The lowest BCUT2D eigenvalue weighted by atomic mass is 9.95. The molecular weight excluding hydrogens is 376 g/mol. The number of hydrogen-bond donors (Lipinski definition) is 0.